The first-order valence-electron chi connectivity index (χ1n) is 8.66. The molecule has 4 rings (SSSR count). The highest BCUT2D eigenvalue weighted by Gasteiger charge is 2.35. The predicted octanol–water partition coefficient (Wildman–Crippen LogP) is 4.89. The van der Waals surface area contributed by atoms with Gasteiger partial charge in [-0.3, -0.25) is 10.1 Å². The Balaban J connectivity index is 1.54. The molecule has 0 unspecified atom stereocenters. The highest BCUT2D eigenvalue weighted by Crippen LogP contribution is 2.32. The second kappa shape index (κ2) is 7.32. The van der Waals surface area contributed by atoms with Crippen molar-refractivity contribution in [2.45, 2.75) is 12.6 Å². The number of hydrogen-bond acceptors (Lipinski definition) is 4. The lowest BCUT2D eigenvalue weighted by Gasteiger charge is -2.11. The summed E-state index contributed by atoms with van der Waals surface area (Å²) in [6.45, 7) is 0. The van der Waals surface area contributed by atoms with Crippen LogP contribution in [0.4, 0.5) is 18.3 Å². The molecule has 0 radical (unpaired) electrons. The molecule has 29 heavy (non-hydrogen) atoms. The molecule has 0 aliphatic heterocycles. The van der Waals surface area contributed by atoms with Crippen LogP contribution in [0.3, 0.4) is 0 Å². The normalized spacial score (nSPS) is 11.7. The van der Waals surface area contributed by atoms with E-state index in [0.717, 1.165) is 39.9 Å². The van der Waals surface area contributed by atoms with Crippen LogP contribution in [0.15, 0.2) is 54.7 Å². The number of nitrogens with one attached hydrogen (secondary N) is 1. The van der Waals surface area contributed by atoms with Crippen molar-refractivity contribution < 1.29 is 18.0 Å². The third-order valence-electron chi connectivity index (χ3n) is 4.49. The number of halogens is 3. The monoisotopic (exact) mass is 416 g/mol. The quantitative estimate of drug-likeness (QED) is 0.515. The number of aryl methyl sites for hydroxylation is 1. The van der Waals surface area contributed by atoms with Gasteiger partial charge in [-0.25, -0.2) is 0 Å². The number of nitrogens with zero attached hydrogens (tertiary/aromatic N) is 3. The van der Waals surface area contributed by atoms with E-state index >= 15 is 0 Å². The highest BCUT2D eigenvalue weighted by atomic mass is 32.1. The Morgan fingerprint density at radius 3 is 2.62 bits per heavy atom. The topological polar surface area (TPSA) is 59.8 Å². The number of fused-ring (bicyclic) bond motifs is 1. The number of para-hydroxylation sites is 1. The molecule has 0 aliphatic rings. The fourth-order valence-corrected chi connectivity index (χ4v) is 3.96. The van der Waals surface area contributed by atoms with E-state index in [2.05, 4.69) is 15.5 Å². The molecule has 0 atom stereocenters. The maximum absolute atomic E-state index is 13.1. The minimum Gasteiger partial charge on any atom is -0.350 e. The third-order valence-corrected chi connectivity index (χ3v) is 5.32. The second-order valence-electron chi connectivity index (χ2n) is 6.46. The lowest BCUT2D eigenvalue weighted by atomic mass is 10.1. The SMILES string of the molecule is Cn1cc(Cc2nnc(NC(=O)c3ccccc3C(F)(F)F)s2)c2ccccc21. The van der Waals surface area contributed by atoms with Crippen molar-refractivity contribution in [2.24, 2.45) is 7.05 Å². The van der Waals surface area contributed by atoms with Crippen LogP contribution >= 0.6 is 11.3 Å². The summed E-state index contributed by atoms with van der Waals surface area (Å²) in [6, 6.07) is 12.6. The molecule has 0 saturated carbocycles. The first kappa shape index (κ1) is 19.1. The average molecular weight is 416 g/mol. The average Bonchev–Trinajstić information content (AvgIpc) is 3.26. The Morgan fingerprint density at radius 2 is 1.83 bits per heavy atom. The Morgan fingerprint density at radius 1 is 1.10 bits per heavy atom. The van der Waals surface area contributed by atoms with E-state index in [1.807, 2.05) is 42.1 Å². The summed E-state index contributed by atoms with van der Waals surface area (Å²) >= 11 is 1.14. The molecule has 0 aliphatic carbocycles. The molecule has 9 heteroatoms. The zero-order valence-electron chi connectivity index (χ0n) is 15.2. The number of amides is 1. The van der Waals surface area contributed by atoms with Gasteiger partial charge in [-0.1, -0.05) is 41.7 Å². The van der Waals surface area contributed by atoms with Crippen LogP contribution in [0.25, 0.3) is 10.9 Å². The zero-order chi connectivity index (χ0) is 20.6. The van der Waals surface area contributed by atoms with Crippen molar-refractivity contribution in [2.75, 3.05) is 5.32 Å². The van der Waals surface area contributed by atoms with E-state index < -0.39 is 23.2 Å². The lowest BCUT2D eigenvalue weighted by molar-refractivity contribution is -0.137. The molecule has 0 spiro atoms. The summed E-state index contributed by atoms with van der Waals surface area (Å²) in [5.41, 5.74) is 0.702. The largest absolute Gasteiger partial charge is 0.417 e. The number of carbonyl (C=O) groups is 1. The summed E-state index contributed by atoms with van der Waals surface area (Å²) < 4.78 is 41.4. The molecule has 0 fully saturated rings. The van der Waals surface area contributed by atoms with Gasteiger partial charge in [0.1, 0.15) is 5.01 Å². The molecule has 5 nitrogen and oxygen atoms in total. The fraction of sp³-hybridized carbons (Fsp3) is 0.150. The van der Waals surface area contributed by atoms with Crippen molar-refractivity contribution in [3.8, 4) is 0 Å². The Bertz CT molecular complexity index is 1200. The standard InChI is InChI=1S/C20H15F3N4OS/c1-27-11-12(13-6-3-5-9-16(13)27)10-17-25-26-19(29-17)24-18(28)14-7-2-4-8-15(14)20(21,22)23/h2-9,11H,10H2,1H3,(H,24,26,28). The summed E-state index contributed by atoms with van der Waals surface area (Å²) in [5, 5.41) is 12.3. The van der Waals surface area contributed by atoms with Crippen molar-refractivity contribution in [3.63, 3.8) is 0 Å². The number of carbonyl (C=O) groups excluding carboxylic acids is 1. The van der Waals surface area contributed by atoms with E-state index in [9.17, 15) is 18.0 Å². The zero-order valence-corrected chi connectivity index (χ0v) is 16.0. The van der Waals surface area contributed by atoms with Gasteiger partial charge < -0.3 is 4.57 Å². The van der Waals surface area contributed by atoms with Gasteiger partial charge in [-0.15, -0.1) is 10.2 Å². The molecular formula is C20H15F3N4OS. The lowest BCUT2D eigenvalue weighted by Crippen LogP contribution is -2.18. The Labute approximate surface area is 167 Å². The van der Waals surface area contributed by atoms with Gasteiger partial charge in [-0.05, 0) is 23.8 Å². The summed E-state index contributed by atoms with van der Waals surface area (Å²) in [6.07, 6.45) is -2.10. The van der Waals surface area contributed by atoms with Gasteiger partial charge in [0.2, 0.25) is 5.13 Å². The van der Waals surface area contributed by atoms with Crippen LogP contribution < -0.4 is 5.32 Å². The molecule has 2 aromatic carbocycles. The minimum absolute atomic E-state index is 0.155. The van der Waals surface area contributed by atoms with Crippen LogP contribution in [0.2, 0.25) is 0 Å². The van der Waals surface area contributed by atoms with E-state index in [4.69, 9.17) is 0 Å². The molecule has 4 aromatic rings. The molecule has 0 bridgehead atoms. The van der Waals surface area contributed by atoms with Crippen molar-refractivity contribution in [1.82, 2.24) is 14.8 Å². The predicted molar refractivity (Wildman–Crippen MR) is 105 cm³/mol. The van der Waals surface area contributed by atoms with Gasteiger partial charge in [0, 0.05) is 30.6 Å². The van der Waals surface area contributed by atoms with Crippen LogP contribution in [0, 0.1) is 0 Å². The smallest absolute Gasteiger partial charge is 0.350 e. The number of aromatic nitrogens is 3. The highest BCUT2D eigenvalue weighted by molar-refractivity contribution is 7.15. The summed E-state index contributed by atoms with van der Waals surface area (Å²) in [5.74, 6) is -0.870. The van der Waals surface area contributed by atoms with Crippen LogP contribution in [-0.4, -0.2) is 20.7 Å². The molecule has 1 N–H and O–H groups in total. The summed E-state index contributed by atoms with van der Waals surface area (Å²) in [7, 11) is 1.95. The first-order valence-corrected chi connectivity index (χ1v) is 9.47. The Hall–Kier alpha value is -3.20. The number of hydrogen-bond donors (Lipinski definition) is 1. The fourth-order valence-electron chi connectivity index (χ4n) is 3.20. The molecule has 2 aromatic heterocycles. The van der Waals surface area contributed by atoms with Gasteiger partial charge >= 0.3 is 6.18 Å². The van der Waals surface area contributed by atoms with E-state index in [1.165, 1.54) is 12.1 Å². The van der Waals surface area contributed by atoms with E-state index in [1.54, 1.807) is 0 Å². The summed E-state index contributed by atoms with van der Waals surface area (Å²) in [4.78, 5) is 12.4. The number of anilines is 1. The van der Waals surface area contributed by atoms with Crippen molar-refractivity contribution in [3.05, 3.63) is 76.4 Å². The molecule has 0 saturated heterocycles. The molecule has 148 valence electrons. The molecular weight excluding hydrogens is 401 g/mol. The van der Waals surface area contributed by atoms with Gasteiger partial charge in [0.05, 0.1) is 11.1 Å². The van der Waals surface area contributed by atoms with Gasteiger partial charge in [0.15, 0.2) is 0 Å². The van der Waals surface area contributed by atoms with Crippen LogP contribution in [0.1, 0.15) is 26.5 Å². The van der Waals surface area contributed by atoms with Crippen molar-refractivity contribution >= 4 is 33.3 Å². The van der Waals surface area contributed by atoms with Gasteiger partial charge in [0.25, 0.3) is 5.91 Å². The molecule has 2 heterocycles. The first-order chi connectivity index (χ1) is 13.8. The van der Waals surface area contributed by atoms with Crippen LogP contribution in [0.5, 0.6) is 0 Å². The van der Waals surface area contributed by atoms with E-state index in [-0.39, 0.29) is 5.13 Å². The second-order valence-corrected chi connectivity index (χ2v) is 7.52. The number of alkyl halides is 3. The van der Waals surface area contributed by atoms with E-state index in [0.29, 0.717) is 11.4 Å². The number of rotatable bonds is 4. The third kappa shape index (κ3) is 3.86. The molecule has 1 amide bonds. The van der Waals surface area contributed by atoms with Crippen molar-refractivity contribution in [1.29, 1.82) is 0 Å². The maximum atomic E-state index is 13.1. The number of benzene rings is 2. The van der Waals surface area contributed by atoms with Gasteiger partial charge in [-0.2, -0.15) is 13.2 Å². The van der Waals surface area contributed by atoms with Crippen LogP contribution in [-0.2, 0) is 19.6 Å². The minimum atomic E-state index is -4.62. The maximum Gasteiger partial charge on any atom is 0.417 e. The Kier molecular flexibility index (Phi) is 4.83.